The van der Waals surface area contributed by atoms with E-state index in [9.17, 15) is 0 Å². The summed E-state index contributed by atoms with van der Waals surface area (Å²) >= 11 is 0. The van der Waals surface area contributed by atoms with Crippen molar-refractivity contribution in [1.82, 2.24) is 0 Å². The zero-order valence-corrected chi connectivity index (χ0v) is 12.0. The van der Waals surface area contributed by atoms with Gasteiger partial charge in [-0.15, -0.1) is 0 Å². The first-order valence-corrected chi connectivity index (χ1v) is 7.55. The normalized spacial score (nSPS) is 11.4. The lowest BCUT2D eigenvalue weighted by Gasteiger charge is -2.01. The lowest BCUT2D eigenvalue weighted by atomic mass is 10.1. The van der Waals surface area contributed by atoms with Gasteiger partial charge >= 0.3 is 0 Å². The number of hydrogen-bond acceptors (Lipinski definition) is 1. The molecule has 0 heterocycles. The van der Waals surface area contributed by atoms with Gasteiger partial charge in [0.1, 0.15) is 0 Å². The molecule has 0 bridgehead atoms. The Kier molecular flexibility index (Phi) is 15.4. The summed E-state index contributed by atoms with van der Waals surface area (Å²) in [7, 11) is 1.74. The molecule has 0 rings (SSSR count). The Morgan fingerprint density at radius 2 is 1.24 bits per heavy atom. The van der Waals surface area contributed by atoms with Gasteiger partial charge in [-0.3, -0.25) is 0 Å². The molecule has 0 aromatic rings. The van der Waals surface area contributed by atoms with Gasteiger partial charge in [-0.25, -0.2) is 0 Å². The highest BCUT2D eigenvalue weighted by molar-refractivity contribution is 4.80. The Bertz CT molecular complexity index is 152. The molecule has 0 N–H and O–H groups in total. The summed E-state index contributed by atoms with van der Waals surface area (Å²) in [4.78, 5) is 0. The van der Waals surface area contributed by atoms with Crippen LogP contribution in [-0.4, -0.2) is 13.7 Å². The van der Waals surface area contributed by atoms with E-state index in [0.29, 0.717) is 0 Å². The molecule has 0 saturated carbocycles. The van der Waals surface area contributed by atoms with E-state index in [2.05, 4.69) is 19.1 Å². The van der Waals surface area contributed by atoms with Gasteiger partial charge < -0.3 is 4.74 Å². The molecular formula is C16H32O. The highest BCUT2D eigenvalue weighted by atomic mass is 16.5. The van der Waals surface area contributed by atoms with E-state index in [4.69, 9.17) is 4.74 Å². The quantitative estimate of drug-likeness (QED) is 0.305. The smallest absolute Gasteiger partial charge is 0.0643 e. The van der Waals surface area contributed by atoms with Crippen LogP contribution in [0.4, 0.5) is 0 Å². The van der Waals surface area contributed by atoms with Crippen LogP contribution in [0, 0.1) is 0 Å². The molecule has 0 aliphatic carbocycles. The zero-order chi connectivity index (χ0) is 12.6. The Morgan fingerprint density at radius 1 is 0.706 bits per heavy atom. The summed E-state index contributed by atoms with van der Waals surface area (Å²) in [5.41, 5.74) is 0. The van der Waals surface area contributed by atoms with Gasteiger partial charge in [-0.2, -0.15) is 0 Å². The molecule has 0 unspecified atom stereocenters. The summed E-state index contributed by atoms with van der Waals surface area (Å²) in [6.45, 7) is 3.04. The van der Waals surface area contributed by atoms with Gasteiger partial charge in [0.15, 0.2) is 0 Å². The fourth-order valence-corrected chi connectivity index (χ4v) is 2.03. The van der Waals surface area contributed by atoms with Crippen molar-refractivity contribution in [2.24, 2.45) is 0 Å². The Balaban J connectivity index is 2.94. The third kappa shape index (κ3) is 15.7. The fraction of sp³-hybridized carbons (Fsp3) is 0.875. The number of allylic oxidation sites excluding steroid dienone is 1. The van der Waals surface area contributed by atoms with Crippen LogP contribution in [0.1, 0.15) is 77.6 Å². The molecule has 0 spiro atoms. The predicted molar refractivity (Wildman–Crippen MR) is 77.5 cm³/mol. The number of rotatable bonds is 13. The molecular weight excluding hydrogens is 208 g/mol. The molecule has 102 valence electrons. The molecule has 0 aliphatic heterocycles. The minimum Gasteiger partial charge on any atom is -0.381 e. The molecule has 0 aromatic heterocycles. The summed E-state index contributed by atoms with van der Waals surface area (Å²) < 4.78 is 4.95. The van der Waals surface area contributed by atoms with Gasteiger partial charge in [-0.1, -0.05) is 76.9 Å². The van der Waals surface area contributed by atoms with Crippen LogP contribution >= 0.6 is 0 Å². The van der Waals surface area contributed by atoms with Crippen molar-refractivity contribution in [3.63, 3.8) is 0 Å². The van der Waals surface area contributed by atoms with Crippen molar-refractivity contribution in [2.75, 3.05) is 13.7 Å². The first-order chi connectivity index (χ1) is 8.41. The van der Waals surface area contributed by atoms with Gasteiger partial charge in [-0.05, 0) is 12.8 Å². The maximum absolute atomic E-state index is 4.95. The van der Waals surface area contributed by atoms with Crippen molar-refractivity contribution in [1.29, 1.82) is 0 Å². The van der Waals surface area contributed by atoms with Crippen LogP contribution in [0.3, 0.4) is 0 Å². The summed E-state index contributed by atoms with van der Waals surface area (Å²) in [5, 5.41) is 0. The third-order valence-corrected chi connectivity index (χ3v) is 3.15. The van der Waals surface area contributed by atoms with Crippen molar-refractivity contribution < 1.29 is 4.74 Å². The second-order valence-corrected chi connectivity index (χ2v) is 4.90. The van der Waals surface area contributed by atoms with Gasteiger partial charge in [0.25, 0.3) is 0 Å². The number of methoxy groups -OCH3 is 1. The molecule has 0 amide bonds. The van der Waals surface area contributed by atoms with E-state index < -0.39 is 0 Å². The van der Waals surface area contributed by atoms with Crippen LogP contribution in [0.5, 0.6) is 0 Å². The molecule has 0 aliphatic rings. The monoisotopic (exact) mass is 240 g/mol. The largest absolute Gasteiger partial charge is 0.381 e. The maximum Gasteiger partial charge on any atom is 0.0643 e. The van der Waals surface area contributed by atoms with Crippen molar-refractivity contribution >= 4 is 0 Å². The van der Waals surface area contributed by atoms with Crippen LogP contribution in [0.15, 0.2) is 12.2 Å². The lowest BCUT2D eigenvalue weighted by Crippen LogP contribution is -1.82. The van der Waals surface area contributed by atoms with E-state index in [-0.39, 0.29) is 0 Å². The van der Waals surface area contributed by atoms with E-state index in [0.717, 1.165) is 6.61 Å². The summed E-state index contributed by atoms with van der Waals surface area (Å²) in [6.07, 6.45) is 19.8. The minimum atomic E-state index is 0.762. The number of hydrogen-bond donors (Lipinski definition) is 0. The SMILES string of the molecule is CCCCCCCCCCCCC=CCOC. The van der Waals surface area contributed by atoms with E-state index >= 15 is 0 Å². The van der Waals surface area contributed by atoms with Gasteiger partial charge in [0.05, 0.1) is 6.61 Å². The average molecular weight is 240 g/mol. The average Bonchev–Trinajstić information content (AvgIpc) is 2.35. The lowest BCUT2D eigenvalue weighted by molar-refractivity contribution is 0.233. The molecule has 1 nitrogen and oxygen atoms in total. The predicted octanol–water partition coefficient (Wildman–Crippen LogP) is 5.50. The fourth-order valence-electron chi connectivity index (χ4n) is 2.03. The molecule has 0 aromatic carbocycles. The number of unbranched alkanes of at least 4 members (excludes halogenated alkanes) is 10. The van der Waals surface area contributed by atoms with Crippen LogP contribution in [0.2, 0.25) is 0 Å². The highest BCUT2D eigenvalue weighted by Crippen LogP contribution is 2.11. The van der Waals surface area contributed by atoms with Gasteiger partial charge in [0.2, 0.25) is 0 Å². The Hall–Kier alpha value is -0.300. The van der Waals surface area contributed by atoms with Gasteiger partial charge in [0, 0.05) is 7.11 Å². The zero-order valence-electron chi connectivity index (χ0n) is 12.0. The molecule has 17 heavy (non-hydrogen) atoms. The van der Waals surface area contributed by atoms with E-state index in [1.54, 1.807) is 7.11 Å². The molecule has 0 atom stereocenters. The van der Waals surface area contributed by atoms with Crippen LogP contribution in [-0.2, 0) is 4.74 Å². The first-order valence-electron chi connectivity index (χ1n) is 7.55. The molecule has 0 radical (unpaired) electrons. The Morgan fingerprint density at radius 3 is 1.76 bits per heavy atom. The van der Waals surface area contributed by atoms with Crippen LogP contribution in [0.25, 0.3) is 0 Å². The van der Waals surface area contributed by atoms with Crippen molar-refractivity contribution in [2.45, 2.75) is 77.6 Å². The second kappa shape index (κ2) is 15.7. The van der Waals surface area contributed by atoms with Crippen molar-refractivity contribution in [3.05, 3.63) is 12.2 Å². The van der Waals surface area contributed by atoms with Crippen LogP contribution < -0.4 is 0 Å². The standard InChI is InChI=1S/C16H32O/c1-3-4-5-6-7-8-9-10-11-12-13-14-15-16-17-2/h14-15H,3-13,16H2,1-2H3. The molecule has 0 fully saturated rings. The first kappa shape index (κ1) is 16.7. The second-order valence-electron chi connectivity index (χ2n) is 4.90. The van der Waals surface area contributed by atoms with E-state index in [1.165, 1.54) is 70.6 Å². The third-order valence-electron chi connectivity index (χ3n) is 3.15. The molecule has 1 heteroatoms. The van der Waals surface area contributed by atoms with E-state index in [1.807, 2.05) is 0 Å². The topological polar surface area (TPSA) is 9.23 Å². The Labute approximate surface area is 109 Å². The number of ether oxygens (including phenoxy) is 1. The highest BCUT2D eigenvalue weighted by Gasteiger charge is 1.91. The van der Waals surface area contributed by atoms with Crippen molar-refractivity contribution in [3.8, 4) is 0 Å². The summed E-state index contributed by atoms with van der Waals surface area (Å²) in [5.74, 6) is 0. The minimum absolute atomic E-state index is 0.762. The maximum atomic E-state index is 4.95. The molecule has 0 saturated heterocycles. The summed E-state index contributed by atoms with van der Waals surface area (Å²) in [6, 6.07) is 0.